The summed E-state index contributed by atoms with van der Waals surface area (Å²) in [6, 6.07) is 6.41. The van der Waals surface area contributed by atoms with Gasteiger partial charge in [0.05, 0.1) is 13.7 Å². The van der Waals surface area contributed by atoms with E-state index in [0.717, 1.165) is 23.4 Å². The average molecular weight is 251 g/mol. The van der Waals surface area contributed by atoms with Crippen molar-refractivity contribution in [3.05, 3.63) is 29.3 Å². The van der Waals surface area contributed by atoms with Gasteiger partial charge in [0.1, 0.15) is 5.75 Å². The summed E-state index contributed by atoms with van der Waals surface area (Å²) >= 11 is 0. The van der Waals surface area contributed by atoms with Crippen molar-refractivity contribution < 1.29 is 9.84 Å². The lowest BCUT2D eigenvalue weighted by molar-refractivity contribution is 0.233. The van der Waals surface area contributed by atoms with E-state index in [4.69, 9.17) is 4.74 Å². The van der Waals surface area contributed by atoms with E-state index in [1.54, 1.807) is 7.11 Å². The molecule has 102 valence electrons. The molecule has 3 heteroatoms. The molecule has 0 radical (unpaired) electrons. The summed E-state index contributed by atoms with van der Waals surface area (Å²) < 4.78 is 5.38. The van der Waals surface area contributed by atoms with Gasteiger partial charge in [-0.15, -0.1) is 0 Å². The predicted octanol–water partition coefficient (Wildman–Crippen LogP) is 2.81. The molecule has 0 bridgehead atoms. The van der Waals surface area contributed by atoms with Gasteiger partial charge in [-0.2, -0.15) is 0 Å². The minimum atomic E-state index is 0.0746. The van der Waals surface area contributed by atoms with Gasteiger partial charge in [-0.1, -0.05) is 19.4 Å². The lowest BCUT2D eigenvalue weighted by Crippen LogP contribution is -2.28. The monoisotopic (exact) mass is 251 g/mol. The first-order valence-electron chi connectivity index (χ1n) is 6.59. The lowest BCUT2D eigenvalue weighted by atomic mass is 10.1. The van der Waals surface area contributed by atoms with Gasteiger partial charge in [-0.3, -0.25) is 4.90 Å². The zero-order valence-electron chi connectivity index (χ0n) is 11.9. The van der Waals surface area contributed by atoms with E-state index in [0.29, 0.717) is 6.04 Å². The molecule has 3 nitrogen and oxygen atoms in total. The molecule has 1 N–H and O–H groups in total. The predicted molar refractivity (Wildman–Crippen MR) is 74.8 cm³/mol. The van der Waals surface area contributed by atoms with Gasteiger partial charge in [-0.05, 0) is 38.1 Å². The fraction of sp³-hybridized carbons (Fsp3) is 0.600. The molecule has 0 aromatic heterocycles. The molecule has 0 saturated carbocycles. The van der Waals surface area contributed by atoms with Crippen LogP contribution >= 0.6 is 0 Å². The van der Waals surface area contributed by atoms with Gasteiger partial charge in [0.2, 0.25) is 0 Å². The Morgan fingerprint density at radius 3 is 2.67 bits per heavy atom. The second-order valence-electron chi connectivity index (χ2n) is 4.86. The highest BCUT2D eigenvalue weighted by molar-refractivity contribution is 5.37. The molecule has 0 heterocycles. The maximum absolute atomic E-state index is 9.20. The number of aliphatic hydroxyl groups is 1. The Bertz CT molecular complexity index is 366. The number of aliphatic hydroxyl groups excluding tert-OH is 1. The third-order valence-corrected chi connectivity index (χ3v) is 3.41. The Hall–Kier alpha value is -1.06. The highest BCUT2D eigenvalue weighted by atomic mass is 16.5. The topological polar surface area (TPSA) is 32.7 Å². The molecule has 0 aliphatic rings. The van der Waals surface area contributed by atoms with Crippen LogP contribution in [0.2, 0.25) is 0 Å². The first-order chi connectivity index (χ1) is 8.62. The van der Waals surface area contributed by atoms with Crippen LogP contribution in [0.1, 0.15) is 37.8 Å². The van der Waals surface area contributed by atoms with Crippen LogP contribution in [0.4, 0.5) is 0 Å². The summed E-state index contributed by atoms with van der Waals surface area (Å²) in [5.41, 5.74) is 2.07. The minimum absolute atomic E-state index is 0.0746. The zero-order chi connectivity index (χ0) is 13.5. The number of ether oxygens (including phenoxy) is 1. The van der Waals surface area contributed by atoms with Crippen LogP contribution in [-0.4, -0.2) is 30.2 Å². The first-order valence-corrected chi connectivity index (χ1v) is 6.59. The Labute approximate surface area is 110 Å². The maximum atomic E-state index is 9.20. The summed E-state index contributed by atoms with van der Waals surface area (Å²) in [6.07, 6.45) is 2.39. The van der Waals surface area contributed by atoms with E-state index >= 15 is 0 Å². The van der Waals surface area contributed by atoms with Gasteiger partial charge in [-0.25, -0.2) is 0 Å². The zero-order valence-corrected chi connectivity index (χ0v) is 11.9. The molecule has 0 fully saturated rings. The Balaban J connectivity index is 2.81. The Kier molecular flexibility index (Phi) is 6.16. The number of methoxy groups -OCH3 is 1. The van der Waals surface area contributed by atoms with E-state index in [-0.39, 0.29) is 6.61 Å². The third-order valence-electron chi connectivity index (χ3n) is 3.41. The van der Waals surface area contributed by atoms with Crippen LogP contribution < -0.4 is 4.74 Å². The van der Waals surface area contributed by atoms with Gasteiger partial charge in [0.15, 0.2) is 0 Å². The number of benzene rings is 1. The summed E-state index contributed by atoms with van der Waals surface area (Å²) in [6.45, 7) is 5.37. The molecule has 0 aliphatic carbocycles. The smallest absolute Gasteiger partial charge is 0.123 e. The molecular weight excluding hydrogens is 226 g/mol. The van der Waals surface area contributed by atoms with Gasteiger partial charge in [0.25, 0.3) is 0 Å². The van der Waals surface area contributed by atoms with Crippen LogP contribution in [-0.2, 0) is 13.2 Å². The van der Waals surface area contributed by atoms with Gasteiger partial charge in [0, 0.05) is 18.2 Å². The van der Waals surface area contributed by atoms with Crippen molar-refractivity contribution in [1.29, 1.82) is 0 Å². The largest absolute Gasteiger partial charge is 0.496 e. The van der Waals surface area contributed by atoms with Gasteiger partial charge >= 0.3 is 0 Å². The summed E-state index contributed by atoms with van der Waals surface area (Å²) in [4.78, 5) is 2.32. The third kappa shape index (κ3) is 4.00. The van der Waals surface area contributed by atoms with E-state index in [9.17, 15) is 5.11 Å². The van der Waals surface area contributed by atoms with E-state index < -0.39 is 0 Å². The summed E-state index contributed by atoms with van der Waals surface area (Å²) in [5, 5.41) is 9.20. The molecule has 0 spiro atoms. The minimum Gasteiger partial charge on any atom is -0.496 e. The molecule has 1 aromatic rings. The molecule has 1 unspecified atom stereocenters. The van der Waals surface area contributed by atoms with E-state index in [1.807, 2.05) is 18.2 Å². The Morgan fingerprint density at radius 2 is 2.11 bits per heavy atom. The van der Waals surface area contributed by atoms with Crippen molar-refractivity contribution in [2.45, 2.75) is 45.9 Å². The highest BCUT2D eigenvalue weighted by Gasteiger charge is 2.12. The molecule has 18 heavy (non-hydrogen) atoms. The van der Waals surface area contributed by atoms with E-state index in [2.05, 4.69) is 25.8 Å². The summed E-state index contributed by atoms with van der Waals surface area (Å²) in [5.74, 6) is 0.891. The summed E-state index contributed by atoms with van der Waals surface area (Å²) in [7, 11) is 3.82. The molecular formula is C15H25NO2. The van der Waals surface area contributed by atoms with Crippen LogP contribution in [0.3, 0.4) is 0 Å². The average Bonchev–Trinajstić information content (AvgIpc) is 2.38. The highest BCUT2D eigenvalue weighted by Crippen LogP contribution is 2.22. The van der Waals surface area contributed by atoms with Crippen molar-refractivity contribution >= 4 is 0 Å². The fourth-order valence-corrected chi connectivity index (χ4v) is 2.12. The standard InChI is InChI=1S/C15H25NO2/c1-5-6-12(2)16(3)10-14-9-13(11-17)7-8-15(14)18-4/h7-9,12,17H,5-6,10-11H2,1-4H3. The normalized spacial score (nSPS) is 12.8. The Morgan fingerprint density at radius 1 is 1.39 bits per heavy atom. The van der Waals surface area contributed by atoms with Crippen LogP contribution in [0.5, 0.6) is 5.75 Å². The van der Waals surface area contributed by atoms with Crippen molar-refractivity contribution in [1.82, 2.24) is 4.90 Å². The maximum Gasteiger partial charge on any atom is 0.123 e. The molecule has 0 aliphatic heterocycles. The van der Waals surface area contributed by atoms with Crippen LogP contribution in [0.25, 0.3) is 0 Å². The van der Waals surface area contributed by atoms with Crippen molar-refractivity contribution in [2.75, 3.05) is 14.2 Å². The van der Waals surface area contributed by atoms with Crippen LogP contribution in [0.15, 0.2) is 18.2 Å². The number of rotatable bonds is 7. The molecule has 1 aromatic carbocycles. The second kappa shape index (κ2) is 7.39. The SMILES string of the molecule is CCCC(C)N(C)Cc1cc(CO)ccc1OC. The first kappa shape index (κ1) is 15.0. The number of hydrogen-bond acceptors (Lipinski definition) is 3. The quantitative estimate of drug-likeness (QED) is 0.809. The van der Waals surface area contributed by atoms with Crippen molar-refractivity contribution in [3.8, 4) is 5.75 Å². The molecule has 0 saturated heterocycles. The van der Waals surface area contributed by atoms with Crippen molar-refractivity contribution in [3.63, 3.8) is 0 Å². The fourth-order valence-electron chi connectivity index (χ4n) is 2.12. The molecule has 1 atom stereocenters. The second-order valence-corrected chi connectivity index (χ2v) is 4.86. The van der Waals surface area contributed by atoms with Crippen LogP contribution in [0, 0.1) is 0 Å². The lowest BCUT2D eigenvalue weighted by Gasteiger charge is -2.25. The molecule has 1 rings (SSSR count). The number of hydrogen-bond donors (Lipinski definition) is 1. The number of nitrogens with zero attached hydrogens (tertiary/aromatic N) is 1. The molecule has 0 amide bonds. The van der Waals surface area contributed by atoms with Crippen molar-refractivity contribution in [2.24, 2.45) is 0 Å². The van der Waals surface area contributed by atoms with Gasteiger partial charge < -0.3 is 9.84 Å². The van der Waals surface area contributed by atoms with E-state index in [1.165, 1.54) is 12.8 Å².